The minimum absolute atomic E-state index is 0.910. The van der Waals surface area contributed by atoms with E-state index in [-0.39, 0.29) is 0 Å². The number of aromatic nitrogens is 4. The Labute approximate surface area is 109 Å². The van der Waals surface area contributed by atoms with E-state index in [1.54, 1.807) is 6.33 Å². The Morgan fingerprint density at radius 3 is 3.11 bits per heavy atom. The fourth-order valence-corrected chi connectivity index (χ4v) is 4.15. The van der Waals surface area contributed by atoms with Crippen LogP contribution in [0.25, 0.3) is 15.9 Å². The van der Waals surface area contributed by atoms with Gasteiger partial charge in [0.2, 0.25) is 0 Å². The minimum Gasteiger partial charge on any atom is -0.269 e. The second-order valence-corrected chi connectivity index (χ2v) is 5.88. The number of hydrogen-bond acceptors (Lipinski definition) is 4. The molecule has 92 valence electrons. The van der Waals surface area contributed by atoms with Crippen LogP contribution in [0.4, 0.5) is 0 Å². The van der Waals surface area contributed by atoms with E-state index in [0.717, 1.165) is 22.7 Å². The van der Waals surface area contributed by atoms with Gasteiger partial charge < -0.3 is 0 Å². The van der Waals surface area contributed by atoms with Crippen molar-refractivity contribution in [2.75, 3.05) is 0 Å². The fraction of sp³-hybridized carbons (Fsp3) is 0.462. The second kappa shape index (κ2) is 3.75. The maximum atomic E-state index is 4.80. The van der Waals surface area contributed by atoms with Crippen LogP contribution in [-0.2, 0) is 19.3 Å². The standard InChI is InChI=1S/C13H14N4S/c1-2-10-15-13-11(12-16-14-7-17(10)12)8-5-3-4-6-9(8)18-13/h7H,2-6H2,1H3. The first-order valence-corrected chi connectivity index (χ1v) is 7.33. The molecule has 0 saturated heterocycles. The van der Waals surface area contributed by atoms with Crippen LogP contribution in [0.2, 0.25) is 0 Å². The van der Waals surface area contributed by atoms with Crippen molar-refractivity contribution in [3.63, 3.8) is 0 Å². The normalized spacial score (nSPS) is 15.4. The highest BCUT2D eigenvalue weighted by Gasteiger charge is 2.20. The van der Waals surface area contributed by atoms with Gasteiger partial charge in [-0.05, 0) is 31.2 Å². The summed E-state index contributed by atoms with van der Waals surface area (Å²) in [5.74, 6) is 1.06. The Hall–Kier alpha value is -1.49. The van der Waals surface area contributed by atoms with Gasteiger partial charge in [0.05, 0.1) is 5.39 Å². The maximum absolute atomic E-state index is 4.80. The van der Waals surface area contributed by atoms with Crippen molar-refractivity contribution in [1.29, 1.82) is 0 Å². The molecule has 4 rings (SSSR count). The SMILES string of the molecule is CCc1nc2sc3c(c2c2nncn12)CCCC3. The van der Waals surface area contributed by atoms with Crippen LogP contribution < -0.4 is 0 Å². The summed E-state index contributed by atoms with van der Waals surface area (Å²) in [6, 6.07) is 0. The van der Waals surface area contributed by atoms with Crippen LogP contribution in [-0.4, -0.2) is 19.6 Å². The van der Waals surface area contributed by atoms with Gasteiger partial charge in [-0.1, -0.05) is 6.92 Å². The van der Waals surface area contributed by atoms with Crippen LogP contribution in [0.3, 0.4) is 0 Å². The second-order valence-electron chi connectivity index (χ2n) is 4.80. The molecule has 1 aliphatic carbocycles. The zero-order valence-corrected chi connectivity index (χ0v) is 11.1. The predicted octanol–water partition coefficient (Wildman–Crippen LogP) is 2.78. The highest BCUT2D eigenvalue weighted by molar-refractivity contribution is 7.19. The van der Waals surface area contributed by atoms with E-state index in [2.05, 4.69) is 17.1 Å². The average Bonchev–Trinajstić information content (AvgIpc) is 3.00. The first-order chi connectivity index (χ1) is 8.88. The summed E-state index contributed by atoms with van der Waals surface area (Å²) < 4.78 is 2.05. The Balaban J connectivity index is 2.18. The zero-order valence-electron chi connectivity index (χ0n) is 10.3. The number of thiophene rings is 1. The van der Waals surface area contributed by atoms with E-state index >= 15 is 0 Å². The van der Waals surface area contributed by atoms with Gasteiger partial charge in [0.1, 0.15) is 17.0 Å². The number of fused-ring (bicyclic) bond motifs is 5. The van der Waals surface area contributed by atoms with E-state index in [0.29, 0.717) is 0 Å². The van der Waals surface area contributed by atoms with Crippen molar-refractivity contribution in [2.24, 2.45) is 0 Å². The Morgan fingerprint density at radius 2 is 2.22 bits per heavy atom. The lowest BCUT2D eigenvalue weighted by molar-refractivity contribution is 0.700. The summed E-state index contributed by atoms with van der Waals surface area (Å²) in [5.41, 5.74) is 2.48. The van der Waals surface area contributed by atoms with Crippen LogP contribution in [0.5, 0.6) is 0 Å². The number of rotatable bonds is 1. The molecule has 0 spiro atoms. The summed E-state index contributed by atoms with van der Waals surface area (Å²) in [4.78, 5) is 7.47. The zero-order chi connectivity index (χ0) is 12.1. The number of hydrogen-bond donors (Lipinski definition) is 0. The predicted molar refractivity (Wildman–Crippen MR) is 72.2 cm³/mol. The number of nitrogens with zero attached hydrogens (tertiary/aromatic N) is 4. The molecule has 0 saturated carbocycles. The largest absolute Gasteiger partial charge is 0.269 e. The van der Waals surface area contributed by atoms with Crippen LogP contribution in [0, 0.1) is 0 Å². The lowest BCUT2D eigenvalue weighted by Crippen LogP contribution is -2.01. The summed E-state index contributed by atoms with van der Waals surface area (Å²) >= 11 is 1.86. The minimum atomic E-state index is 0.910. The fourth-order valence-electron chi connectivity index (χ4n) is 2.88. The van der Waals surface area contributed by atoms with Gasteiger partial charge in [0.15, 0.2) is 5.65 Å². The molecule has 0 aliphatic heterocycles. The van der Waals surface area contributed by atoms with Gasteiger partial charge in [-0.15, -0.1) is 21.5 Å². The van der Waals surface area contributed by atoms with Gasteiger partial charge in [-0.25, -0.2) is 4.98 Å². The molecule has 3 aromatic rings. The molecule has 5 heteroatoms. The van der Waals surface area contributed by atoms with E-state index in [4.69, 9.17) is 4.98 Å². The molecule has 0 fully saturated rings. The van der Waals surface area contributed by atoms with Gasteiger partial charge in [-0.2, -0.15) is 0 Å². The lowest BCUT2D eigenvalue weighted by Gasteiger charge is -2.10. The summed E-state index contributed by atoms with van der Waals surface area (Å²) in [6.45, 7) is 2.13. The molecule has 0 aromatic carbocycles. The molecule has 18 heavy (non-hydrogen) atoms. The Bertz CT molecular complexity index is 740. The summed E-state index contributed by atoms with van der Waals surface area (Å²) in [7, 11) is 0. The topological polar surface area (TPSA) is 43.1 Å². The van der Waals surface area contributed by atoms with Crippen molar-refractivity contribution < 1.29 is 0 Å². The first kappa shape index (κ1) is 10.4. The van der Waals surface area contributed by atoms with Crippen molar-refractivity contribution in [2.45, 2.75) is 39.0 Å². The first-order valence-electron chi connectivity index (χ1n) is 6.51. The Morgan fingerprint density at radius 1 is 1.33 bits per heavy atom. The van der Waals surface area contributed by atoms with Gasteiger partial charge >= 0.3 is 0 Å². The average molecular weight is 258 g/mol. The van der Waals surface area contributed by atoms with Crippen molar-refractivity contribution in [3.05, 3.63) is 22.6 Å². The molecule has 4 nitrogen and oxygen atoms in total. The van der Waals surface area contributed by atoms with Crippen LogP contribution in [0.1, 0.15) is 36.0 Å². The van der Waals surface area contributed by atoms with Gasteiger partial charge in [0.25, 0.3) is 0 Å². The molecule has 0 unspecified atom stereocenters. The molecule has 3 aromatic heterocycles. The number of aryl methyl sites for hydroxylation is 3. The molecule has 0 radical (unpaired) electrons. The van der Waals surface area contributed by atoms with Crippen molar-refractivity contribution >= 4 is 27.2 Å². The lowest BCUT2D eigenvalue weighted by atomic mass is 9.97. The maximum Gasteiger partial charge on any atom is 0.172 e. The molecule has 1 aliphatic rings. The van der Waals surface area contributed by atoms with Gasteiger partial charge in [-0.3, -0.25) is 4.40 Å². The molecular weight excluding hydrogens is 244 g/mol. The Kier molecular flexibility index (Phi) is 2.17. The van der Waals surface area contributed by atoms with E-state index in [9.17, 15) is 0 Å². The van der Waals surface area contributed by atoms with Gasteiger partial charge in [0, 0.05) is 11.3 Å². The smallest absolute Gasteiger partial charge is 0.172 e. The van der Waals surface area contributed by atoms with E-state index in [1.165, 1.54) is 41.5 Å². The molecule has 0 atom stereocenters. The molecule has 0 bridgehead atoms. The highest BCUT2D eigenvalue weighted by atomic mass is 32.1. The molecule has 3 heterocycles. The monoisotopic (exact) mass is 258 g/mol. The van der Waals surface area contributed by atoms with Crippen molar-refractivity contribution in [3.8, 4) is 0 Å². The molecular formula is C13H14N4S. The molecule has 0 amide bonds. The third-order valence-corrected chi connectivity index (χ3v) is 4.93. The summed E-state index contributed by atoms with van der Waals surface area (Å²) in [6.07, 6.45) is 7.67. The van der Waals surface area contributed by atoms with E-state index in [1.807, 2.05) is 15.7 Å². The quantitative estimate of drug-likeness (QED) is 0.674. The van der Waals surface area contributed by atoms with E-state index < -0.39 is 0 Å². The highest BCUT2D eigenvalue weighted by Crippen LogP contribution is 2.37. The van der Waals surface area contributed by atoms with Crippen LogP contribution >= 0.6 is 11.3 Å². The molecule has 0 N–H and O–H groups in total. The third-order valence-electron chi connectivity index (χ3n) is 3.75. The summed E-state index contributed by atoms with van der Waals surface area (Å²) in [5, 5.41) is 9.64. The third kappa shape index (κ3) is 1.28. The van der Waals surface area contributed by atoms with Crippen molar-refractivity contribution in [1.82, 2.24) is 19.6 Å². The van der Waals surface area contributed by atoms with Crippen LogP contribution in [0.15, 0.2) is 6.33 Å².